The molecule has 0 spiro atoms. The van der Waals surface area contributed by atoms with E-state index < -0.39 is 18.2 Å². The number of hydrogen-bond donors (Lipinski definition) is 5. The third kappa shape index (κ3) is 9.75. The SMILES string of the molecule is Cc1ccc(C)n1-c1ccc([C@H](O)CNC(C)Cc2ccc(CC(=O)NCc3ccc(C(=O)N[C@H](C)[C@H](O)c4ccccc4)cc3)cc2)cn1. The van der Waals surface area contributed by atoms with Crippen LogP contribution in [0.5, 0.6) is 0 Å². The summed E-state index contributed by atoms with van der Waals surface area (Å²) in [7, 11) is 0. The van der Waals surface area contributed by atoms with Crippen molar-refractivity contribution >= 4 is 11.8 Å². The van der Waals surface area contributed by atoms with Gasteiger partial charge in [0.15, 0.2) is 0 Å². The van der Waals surface area contributed by atoms with Crippen LogP contribution in [0.15, 0.2) is 109 Å². The summed E-state index contributed by atoms with van der Waals surface area (Å²) in [4.78, 5) is 29.9. The van der Waals surface area contributed by atoms with E-state index in [-0.39, 0.29) is 24.3 Å². The van der Waals surface area contributed by atoms with E-state index in [2.05, 4.69) is 44.6 Å². The number of rotatable bonds is 15. The van der Waals surface area contributed by atoms with Crippen LogP contribution in [0, 0.1) is 13.8 Å². The zero-order valence-corrected chi connectivity index (χ0v) is 29.1. The maximum atomic E-state index is 12.7. The van der Waals surface area contributed by atoms with E-state index >= 15 is 0 Å². The van der Waals surface area contributed by atoms with Gasteiger partial charge in [-0.25, -0.2) is 4.98 Å². The molecule has 0 aliphatic heterocycles. The zero-order valence-electron chi connectivity index (χ0n) is 29.1. The van der Waals surface area contributed by atoms with Crippen LogP contribution < -0.4 is 16.0 Å². The highest BCUT2D eigenvalue weighted by molar-refractivity contribution is 5.94. The van der Waals surface area contributed by atoms with Crippen LogP contribution in [0.4, 0.5) is 0 Å². The van der Waals surface area contributed by atoms with E-state index in [9.17, 15) is 19.8 Å². The molecule has 0 aliphatic carbocycles. The van der Waals surface area contributed by atoms with Crippen LogP contribution in [-0.4, -0.2) is 50.2 Å². The van der Waals surface area contributed by atoms with E-state index in [1.807, 2.05) is 92.7 Å². The molecule has 0 aliphatic rings. The minimum Gasteiger partial charge on any atom is -0.387 e. The van der Waals surface area contributed by atoms with Crippen molar-refractivity contribution in [2.45, 2.75) is 71.4 Å². The number of carbonyl (C=O) groups excluding carboxylic acids is 2. The van der Waals surface area contributed by atoms with Crippen molar-refractivity contribution in [1.29, 1.82) is 0 Å². The van der Waals surface area contributed by atoms with Gasteiger partial charge in [-0.1, -0.05) is 72.8 Å². The molecule has 2 aromatic heterocycles. The molecule has 5 N–H and O–H groups in total. The number of amides is 2. The molecule has 2 heterocycles. The maximum absolute atomic E-state index is 12.7. The Morgan fingerprint density at radius 1 is 0.760 bits per heavy atom. The predicted molar refractivity (Wildman–Crippen MR) is 196 cm³/mol. The summed E-state index contributed by atoms with van der Waals surface area (Å²) in [6.45, 7) is 8.71. The van der Waals surface area contributed by atoms with Crippen molar-refractivity contribution in [3.63, 3.8) is 0 Å². The first-order valence-electron chi connectivity index (χ1n) is 17.1. The number of benzene rings is 3. The molecule has 3 aromatic carbocycles. The fourth-order valence-corrected chi connectivity index (χ4v) is 5.94. The van der Waals surface area contributed by atoms with Crippen LogP contribution in [-0.2, 0) is 24.2 Å². The number of nitrogens with zero attached hydrogens (tertiary/aromatic N) is 2. The quantitative estimate of drug-likeness (QED) is 0.101. The smallest absolute Gasteiger partial charge is 0.251 e. The number of nitrogens with one attached hydrogen (secondary N) is 3. The number of carbonyl (C=O) groups is 2. The number of pyridine rings is 1. The van der Waals surface area contributed by atoms with Gasteiger partial charge in [0.05, 0.1) is 24.7 Å². The first-order valence-corrected chi connectivity index (χ1v) is 17.1. The summed E-state index contributed by atoms with van der Waals surface area (Å²) in [6.07, 6.45) is 1.30. The monoisotopic (exact) mass is 673 g/mol. The van der Waals surface area contributed by atoms with E-state index in [0.29, 0.717) is 18.7 Å². The lowest BCUT2D eigenvalue weighted by Crippen LogP contribution is -2.37. The molecule has 2 amide bonds. The molecule has 5 aromatic rings. The molecular formula is C41H47N5O4. The molecule has 0 fully saturated rings. The highest BCUT2D eigenvalue weighted by atomic mass is 16.3. The van der Waals surface area contributed by atoms with Gasteiger partial charge >= 0.3 is 0 Å². The Morgan fingerprint density at radius 2 is 1.40 bits per heavy atom. The summed E-state index contributed by atoms with van der Waals surface area (Å²) in [5.74, 6) is 0.476. The van der Waals surface area contributed by atoms with Crippen molar-refractivity contribution in [1.82, 2.24) is 25.5 Å². The largest absolute Gasteiger partial charge is 0.387 e. The van der Waals surface area contributed by atoms with Gasteiger partial charge < -0.3 is 30.7 Å². The lowest BCUT2D eigenvalue weighted by molar-refractivity contribution is -0.120. The minimum absolute atomic E-state index is 0.0894. The fourth-order valence-electron chi connectivity index (χ4n) is 5.94. The standard InChI is InChI=1S/C41H47N5O4/c1-27(42-26-37(47)36-20-21-38(43-25-36)46-28(2)10-11-29(46)3)22-31-12-14-32(15-13-31)23-39(48)44-24-33-16-18-35(19-17-33)41(50)45-30(4)40(49)34-8-6-5-7-9-34/h5-21,25,27,30,37,40,42,47,49H,22-24,26H2,1-4H3,(H,44,48)(H,45,50)/t27?,30-,37-,40+/m1/s1. The lowest BCUT2D eigenvalue weighted by atomic mass is 10.0. The third-order valence-corrected chi connectivity index (χ3v) is 8.92. The molecule has 50 heavy (non-hydrogen) atoms. The van der Waals surface area contributed by atoms with E-state index in [4.69, 9.17) is 0 Å². The van der Waals surface area contributed by atoms with Gasteiger partial charge in [0.1, 0.15) is 5.82 Å². The highest BCUT2D eigenvalue weighted by Gasteiger charge is 2.19. The molecule has 9 heteroatoms. The second kappa shape index (κ2) is 17.0. The molecule has 9 nitrogen and oxygen atoms in total. The Kier molecular flexibility index (Phi) is 12.3. The number of aryl methyl sites for hydroxylation is 2. The van der Waals surface area contributed by atoms with Crippen molar-refractivity contribution < 1.29 is 19.8 Å². The van der Waals surface area contributed by atoms with Crippen LogP contribution in [0.1, 0.15) is 75.6 Å². The molecule has 0 bridgehead atoms. The second-order valence-electron chi connectivity index (χ2n) is 13.0. The molecule has 4 atom stereocenters. The van der Waals surface area contributed by atoms with Crippen LogP contribution in [0.25, 0.3) is 5.82 Å². The highest BCUT2D eigenvalue weighted by Crippen LogP contribution is 2.19. The normalized spacial score (nSPS) is 13.6. The number of aliphatic hydroxyl groups is 2. The van der Waals surface area contributed by atoms with Gasteiger partial charge in [-0.15, -0.1) is 0 Å². The van der Waals surface area contributed by atoms with E-state index in [1.54, 1.807) is 25.3 Å². The van der Waals surface area contributed by atoms with Crippen molar-refractivity contribution in [3.05, 3.63) is 154 Å². The van der Waals surface area contributed by atoms with Crippen molar-refractivity contribution in [2.75, 3.05) is 6.54 Å². The molecule has 1 unspecified atom stereocenters. The van der Waals surface area contributed by atoms with Gasteiger partial charge in [0.25, 0.3) is 5.91 Å². The van der Waals surface area contributed by atoms with Crippen LogP contribution in [0.2, 0.25) is 0 Å². The third-order valence-electron chi connectivity index (χ3n) is 8.92. The minimum atomic E-state index is -0.811. The van der Waals surface area contributed by atoms with Crippen LogP contribution >= 0.6 is 0 Å². The predicted octanol–water partition coefficient (Wildman–Crippen LogP) is 5.45. The Bertz CT molecular complexity index is 1820. The summed E-state index contributed by atoms with van der Waals surface area (Å²) >= 11 is 0. The topological polar surface area (TPSA) is 129 Å². The molecular weight excluding hydrogens is 626 g/mol. The summed E-state index contributed by atoms with van der Waals surface area (Å²) in [6, 6.07) is 32.0. The maximum Gasteiger partial charge on any atom is 0.251 e. The molecule has 260 valence electrons. The van der Waals surface area contributed by atoms with Crippen molar-refractivity contribution in [2.24, 2.45) is 0 Å². The van der Waals surface area contributed by atoms with Gasteiger partial charge in [-0.2, -0.15) is 0 Å². The zero-order chi connectivity index (χ0) is 35.6. The van der Waals surface area contributed by atoms with E-state index in [1.165, 1.54) is 0 Å². The first-order chi connectivity index (χ1) is 24.1. The second-order valence-corrected chi connectivity index (χ2v) is 13.0. The summed E-state index contributed by atoms with van der Waals surface area (Å²) in [5, 5.41) is 30.5. The van der Waals surface area contributed by atoms with Crippen LogP contribution in [0.3, 0.4) is 0 Å². The number of hydrogen-bond acceptors (Lipinski definition) is 6. The van der Waals surface area contributed by atoms with Gasteiger partial charge in [0.2, 0.25) is 5.91 Å². The van der Waals surface area contributed by atoms with Crippen molar-refractivity contribution in [3.8, 4) is 5.82 Å². The van der Waals surface area contributed by atoms with Gasteiger partial charge in [-0.3, -0.25) is 9.59 Å². The van der Waals surface area contributed by atoms with Gasteiger partial charge in [0, 0.05) is 47.8 Å². The molecule has 0 radical (unpaired) electrons. The Morgan fingerprint density at radius 3 is 2.04 bits per heavy atom. The van der Waals surface area contributed by atoms with Gasteiger partial charge in [-0.05, 0) is 86.7 Å². The first kappa shape index (κ1) is 36.2. The molecule has 5 rings (SSSR count). The summed E-state index contributed by atoms with van der Waals surface area (Å²) < 4.78 is 2.08. The lowest BCUT2D eigenvalue weighted by Gasteiger charge is -2.20. The Hall–Kier alpha value is -5.09. The number of aliphatic hydroxyl groups excluding tert-OH is 2. The summed E-state index contributed by atoms with van der Waals surface area (Å²) in [5.41, 5.74) is 7.16. The Balaban J connectivity index is 1.01. The molecule has 0 saturated carbocycles. The fraction of sp³-hybridized carbons (Fsp3) is 0.293. The van der Waals surface area contributed by atoms with E-state index in [0.717, 1.165) is 51.4 Å². The Labute approximate surface area is 294 Å². The molecule has 0 saturated heterocycles. The average Bonchev–Trinajstić information content (AvgIpc) is 3.47. The number of aromatic nitrogens is 2. The average molecular weight is 674 g/mol.